The summed E-state index contributed by atoms with van der Waals surface area (Å²) in [6.45, 7) is 1.36. The van der Waals surface area contributed by atoms with Crippen LogP contribution in [0.4, 0.5) is 5.69 Å². The number of Topliss-reactive ketones (excluding diaryl/α,β-unsaturated/α-hetero) is 1. The maximum Gasteiger partial charge on any atom is 0.319 e. The van der Waals surface area contributed by atoms with Crippen molar-refractivity contribution in [3.8, 4) is 11.5 Å². The van der Waals surface area contributed by atoms with Gasteiger partial charge in [-0.05, 0) is 37.3 Å². The van der Waals surface area contributed by atoms with E-state index in [4.69, 9.17) is 14.2 Å². The van der Waals surface area contributed by atoms with Gasteiger partial charge in [0.25, 0.3) is 5.69 Å². The molecule has 0 spiro atoms. The Morgan fingerprint density at radius 2 is 1.89 bits per heavy atom. The largest absolute Gasteiger partial charge is 0.456 e. The second-order valence-corrected chi connectivity index (χ2v) is 7.02. The van der Waals surface area contributed by atoms with Crippen molar-refractivity contribution in [3.05, 3.63) is 58.1 Å². The molecule has 1 aliphatic rings. The van der Waals surface area contributed by atoms with Crippen molar-refractivity contribution >= 4 is 29.2 Å². The second kappa shape index (κ2) is 8.09. The molecule has 2 aromatic carbocycles. The first-order valence-corrected chi connectivity index (χ1v) is 8.82. The molecule has 2 aromatic rings. The number of ketones is 1. The Hall–Kier alpha value is -3.07. The zero-order valence-corrected chi connectivity index (χ0v) is 15.1. The molecular weight excluding hydrogens is 374 g/mol. The summed E-state index contributed by atoms with van der Waals surface area (Å²) in [6, 6.07) is 10.6. The standard InChI is InChI=1S/C18H15NO7S/c1-11(27-14-5-3-13(4-6-14)19(22)23)18(21)24-9-15(20)12-2-7-16-17(8-12)26-10-25-16/h2-8,11H,9-10H2,1H3/t11-/m0/s1. The highest BCUT2D eigenvalue weighted by atomic mass is 32.2. The molecule has 0 saturated heterocycles. The fourth-order valence-electron chi connectivity index (χ4n) is 2.31. The van der Waals surface area contributed by atoms with Crippen LogP contribution in [0.1, 0.15) is 17.3 Å². The molecule has 0 saturated carbocycles. The quantitative estimate of drug-likeness (QED) is 0.234. The number of rotatable bonds is 7. The summed E-state index contributed by atoms with van der Waals surface area (Å²) in [6.07, 6.45) is 0. The number of nitro benzene ring substituents is 1. The van der Waals surface area contributed by atoms with E-state index >= 15 is 0 Å². The van der Waals surface area contributed by atoms with Gasteiger partial charge in [0.1, 0.15) is 5.25 Å². The Labute approximate surface area is 158 Å². The Morgan fingerprint density at radius 1 is 1.19 bits per heavy atom. The Morgan fingerprint density at radius 3 is 2.59 bits per heavy atom. The topological polar surface area (TPSA) is 105 Å². The molecule has 8 nitrogen and oxygen atoms in total. The van der Waals surface area contributed by atoms with Crippen LogP contribution < -0.4 is 9.47 Å². The lowest BCUT2D eigenvalue weighted by molar-refractivity contribution is -0.384. The smallest absolute Gasteiger partial charge is 0.319 e. The molecule has 140 valence electrons. The third-order valence-electron chi connectivity index (χ3n) is 3.73. The summed E-state index contributed by atoms with van der Waals surface area (Å²) in [4.78, 5) is 35.1. The highest BCUT2D eigenvalue weighted by Crippen LogP contribution is 2.32. The van der Waals surface area contributed by atoms with Gasteiger partial charge in [-0.1, -0.05) is 0 Å². The van der Waals surface area contributed by atoms with Crippen molar-refractivity contribution in [1.29, 1.82) is 0 Å². The van der Waals surface area contributed by atoms with Gasteiger partial charge >= 0.3 is 5.97 Å². The van der Waals surface area contributed by atoms with Gasteiger partial charge in [-0.2, -0.15) is 0 Å². The molecule has 9 heteroatoms. The Balaban J connectivity index is 1.52. The summed E-state index contributed by atoms with van der Waals surface area (Å²) in [5.41, 5.74) is 0.339. The van der Waals surface area contributed by atoms with Crippen molar-refractivity contribution in [2.75, 3.05) is 13.4 Å². The highest BCUT2D eigenvalue weighted by molar-refractivity contribution is 8.00. The van der Waals surface area contributed by atoms with Crippen molar-refractivity contribution in [2.45, 2.75) is 17.1 Å². The summed E-state index contributed by atoms with van der Waals surface area (Å²) in [5.74, 6) is 0.146. The molecule has 27 heavy (non-hydrogen) atoms. The molecule has 0 amide bonds. The van der Waals surface area contributed by atoms with Gasteiger partial charge in [0.2, 0.25) is 6.79 Å². The van der Waals surface area contributed by atoms with Gasteiger partial charge in [0.15, 0.2) is 23.9 Å². The SMILES string of the molecule is C[C@H](Sc1ccc([N+](=O)[O-])cc1)C(=O)OCC(=O)c1ccc2c(c1)OCO2. The van der Waals surface area contributed by atoms with Crippen LogP contribution in [-0.2, 0) is 9.53 Å². The van der Waals surface area contributed by atoms with E-state index in [2.05, 4.69) is 0 Å². The molecule has 1 heterocycles. The number of esters is 1. The fraction of sp³-hybridized carbons (Fsp3) is 0.222. The number of ether oxygens (including phenoxy) is 3. The van der Waals surface area contributed by atoms with Gasteiger partial charge in [-0.3, -0.25) is 19.7 Å². The van der Waals surface area contributed by atoms with Crippen molar-refractivity contribution < 1.29 is 28.7 Å². The molecule has 0 fully saturated rings. The van der Waals surface area contributed by atoms with Crippen LogP contribution in [0, 0.1) is 10.1 Å². The zero-order valence-electron chi connectivity index (χ0n) is 14.2. The molecule has 0 aliphatic carbocycles. The van der Waals surface area contributed by atoms with Gasteiger partial charge < -0.3 is 14.2 Å². The van der Waals surface area contributed by atoms with Crippen LogP contribution >= 0.6 is 11.8 Å². The number of carbonyl (C=O) groups is 2. The minimum Gasteiger partial charge on any atom is -0.456 e. The van der Waals surface area contributed by atoms with E-state index in [1.54, 1.807) is 37.3 Å². The van der Waals surface area contributed by atoms with E-state index in [1.165, 1.54) is 23.9 Å². The van der Waals surface area contributed by atoms with E-state index in [0.717, 1.165) is 0 Å². The van der Waals surface area contributed by atoms with Crippen molar-refractivity contribution in [3.63, 3.8) is 0 Å². The van der Waals surface area contributed by atoms with E-state index in [0.29, 0.717) is 22.0 Å². The van der Waals surface area contributed by atoms with Crippen LogP contribution in [0.25, 0.3) is 0 Å². The average molecular weight is 389 g/mol. The Kier molecular flexibility index (Phi) is 5.60. The van der Waals surface area contributed by atoms with Gasteiger partial charge in [0.05, 0.1) is 4.92 Å². The summed E-state index contributed by atoms with van der Waals surface area (Å²) >= 11 is 1.19. The maximum absolute atomic E-state index is 12.2. The first-order valence-electron chi connectivity index (χ1n) is 7.94. The van der Waals surface area contributed by atoms with Gasteiger partial charge in [-0.15, -0.1) is 11.8 Å². The molecular formula is C18H15NO7S. The number of nitrogens with zero attached hydrogens (tertiary/aromatic N) is 1. The first-order chi connectivity index (χ1) is 12.9. The number of carbonyl (C=O) groups excluding carboxylic acids is 2. The normalized spacial score (nSPS) is 13.1. The molecule has 0 N–H and O–H groups in total. The van der Waals surface area contributed by atoms with Crippen LogP contribution in [0.2, 0.25) is 0 Å². The van der Waals surface area contributed by atoms with Crippen LogP contribution in [0.3, 0.4) is 0 Å². The second-order valence-electron chi connectivity index (χ2n) is 5.61. The van der Waals surface area contributed by atoms with Gasteiger partial charge in [0, 0.05) is 22.6 Å². The molecule has 0 bridgehead atoms. The summed E-state index contributed by atoms with van der Waals surface area (Å²) in [7, 11) is 0. The number of hydrogen-bond donors (Lipinski definition) is 0. The Bertz CT molecular complexity index is 882. The lowest BCUT2D eigenvalue weighted by Crippen LogP contribution is -2.21. The third-order valence-corrected chi connectivity index (χ3v) is 4.82. The highest BCUT2D eigenvalue weighted by Gasteiger charge is 2.20. The first kappa shape index (κ1) is 18.7. The van der Waals surface area contributed by atoms with Crippen LogP contribution in [0.15, 0.2) is 47.4 Å². The summed E-state index contributed by atoms with van der Waals surface area (Å²) < 4.78 is 15.5. The molecule has 3 rings (SSSR count). The van der Waals surface area contributed by atoms with Crippen LogP contribution in [-0.4, -0.2) is 35.3 Å². The molecule has 1 atom stereocenters. The van der Waals surface area contributed by atoms with Crippen molar-refractivity contribution in [1.82, 2.24) is 0 Å². The van der Waals surface area contributed by atoms with Crippen LogP contribution in [0.5, 0.6) is 11.5 Å². The number of hydrogen-bond acceptors (Lipinski definition) is 8. The number of nitro groups is 1. The molecule has 0 unspecified atom stereocenters. The fourth-order valence-corrected chi connectivity index (χ4v) is 3.17. The lowest BCUT2D eigenvalue weighted by Gasteiger charge is -2.11. The van der Waals surface area contributed by atoms with E-state index < -0.39 is 16.1 Å². The predicted octanol–water partition coefficient (Wildman–Crippen LogP) is 3.23. The zero-order chi connectivity index (χ0) is 19.4. The monoisotopic (exact) mass is 389 g/mol. The van der Waals surface area contributed by atoms with E-state index in [1.807, 2.05) is 0 Å². The number of non-ortho nitro benzene ring substituents is 1. The van der Waals surface area contributed by atoms with Gasteiger partial charge in [-0.25, -0.2) is 0 Å². The molecule has 0 radical (unpaired) electrons. The number of fused-ring (bicyclic) bond motifs is 1. The minimum atomic E-state index is -0.573. The predicted molar refractivity (Wildman–Crippen MR) is 96.3 cm³/mol. The van der Waals surface area contributed by atoms with E-state index in [9.17, 15) is 19.7 Å². The number of benzene rings is 2. The molecule has 1 aliphatic heterocycles. The van der Waals surface area contributed by atoms with E-state index in [-0.39, 0.29) is 24.9 Å². The molecule has 0 aromatic heterocycles. The average Bonchev–Trinajstić information content (AvgIpc) is 3.13. The third kappa shape index (κ3) is 4.56. The maximum atomic E-state index is 12.2. The minimum absolute atomic E-state index is 0.0242. The van der Waals surface area contributed by atoms with Crippen molar-refractivity contribution in [2.24, 2.45) is 0 Å². The lowest BCUT2D eigenvalue weighted by atomic mass is 10.1. The summed E-state index contributed by atoms with van der Waals surface area (Å²) in [5, 5.41) is 10.1. The number of thioether (sulfide) groups is 1.